The van der Waals surface area contributed by atoms with Crippen molar-refractivity contribution in [1.82, 2.24) is 0 Å². The van der Waals surface area contributed by atoms with Crippen molar-refractivity contribution >= 4 is 46.9 Å². The fraction of sp³-hybridized carbons (Fsp3) is 0.417. The summed E-state index contributed by atoms with van der Waals surface area (Å²) in [7, 11) is 0. The summed E-state index contributed by atoms with van der Waals surface area (Å²) in [6.45, 7) is 0. The summed E-state index contributed by atoms with van der Waals surface area (Å²) in [5, 5.41) is 2.93. The van der Waals surface area contributed by atoms with Crippen LogP contribution in [-0.2, 0) is 4.79 Å². The Morgan fingerprint density at radius 2 is 2.24 bits per heavy atom. The zero-order valence-electron chi connectivity index (χ0n) is 9.64. The van der Waals surface area contributed by atoms with E-state index in [1.807, 2.05) is 41.9 Å². The van der Waals surface area contributed by atoms with E-state index >= 15 is 0 Å². The maximum absolute atomic E-state index is 11.5. The highest BCUT2D eigenvalue weighted by atomic mass is 32.2. The van der Waals surface area contributed by atoms with Crippen molar-refractivity contribution in [3.63, 3.8) is 0 Å². The van der Waals surface area contributed by atoms with Crippen molar-refractivity contribution in [2.24, 2.45) is 0 Å². The number of benzene rings is 1. The Morgan fingerprint density at radius 1 is 1.47 bits per heavy atom. The van der Waals surface area contributed by atoms with Crippen molar-refractivity contribution < 1.29 is 4.79 Å². The van der Waals surface area contributed by atoms with Gasteiger partial charge in [-0.05, 0) is 24.0 Å². The minimum absolute atomic E-state index is 0.0707. The summed E-state index contributed by atoms with van der Waals surface area (Å²) >= 11 is 5.50. The van der Waals surface area contributed by atoms with Gasteiger partial charge in [0.15, 0.2) is 0 Å². The molecule has 1 aliphatic rings. The summed E-state index contributed by atoms with van der Waals surface area (Å²) in [5.41, 5.74) is 2.22. The average molecular weight is 285 g/mol. The predicted molar refractivity (Wildman–Crippen MR) is 81.1 cm³/mol. The van der Waals surface area contributed by atoms with E-state index in [4.69, 9.17) is 0 Å². The molecule has 1 aromatic rings. The third-order valence-electron chi connectivity index (χ3n) is 2.34. The molecule has 0 radical (unpaired) electrons. The molecular formula is C12H15NOS3. The van der Waals surface area contributed by atoms with Gasteiger partial charge in [0.05, 0.1) is 10.3 Å². The van der Waals surface area contributed by atoms with Crippen molar-refractivity contribution in [2.45, 2.75) is 4.58 Å². The van der Waals surface area contributed by atoms with Gasteiger partial charge < -0.3 is 5.32 Å². The maximum Gasteiger partial charge on any atom is 0.234 e. The van der Waals surface area contributed by atoms with Gasteiger partial charge >= 0.3 is 0 Å². The molecule has 17 heavy (non-hydrogen) atoms. The number of carbonyl (C=O) groups excluding carboxylic acids is 1. The van der Waals surface area contributed by atoms with Gasteiger partial charge in [-0.15, -0.1) is 23.5 Å². The van der Waals surface area contributed by atoms with E-state index in [9.17, 15) is 4.79 Å². The molecule has 5 heteroatoms. The fourth-order valence-corrected chi connectivity index (χ4v) is 4.81. The zero-order chi connectivity index (χ0) is 12.1. The number of rotatable bonds is 4. The Balaban J connectivity index is 2.03. The topological polar surface area (TPSA) is 29.1 Å². The van der Waals surface area contributed by atoms with Crippen LogP contribution in [-0.4, -0.2) is 29.4 Å². The van der Waals surface area contributed by atoms with E-state index in [0.29, 0.717) is 10.3 Å². The lowest BCUT2D eigenvalue weighted by Crippen LogP contribution is -2.13. The maximum atomic E-state index is 11.5. The molecule has 1 aliphatic heterocycles. The van der Waals surface area contributed by atoms with Gasteiger partial charge in [-0.25, -0.2) is 0 Å². The molecule has 0 unspecified atom stereocenters. The number of anilines is 1. The van der Waals surface area contributed by atoms with Gasteiger partial charge in [0, 0.05) is 17.2 Å². The quantitative estimate of drug-likeness (QED) is 0.917. The Kier molecular flexibility index (Phi) is 5.13. The van der Waals surface area contributed by atoms with E-state index < -0.39 is 0 Å². The van der Waals surface area contributed by atoms with Gasteiger partial charge in [0.25, 0.3) is 0 Å². The predicted octanol–water partition coefficient (Wildman–Crippen LogP) is 3.47. The van der Waals surface area contributed by atoms with E-state index in [-0.39, 0.29) is 5.91 Å². The van der Waals surface area contributed by atoms with Crippen LogP contribution in [0.3, 0.4) is 0 Å². The highest BCUT2D eigenvalue weighted by molar-refractivity contribution is 8.19. The largest absolute Gasteiger partial charge is 0.325 e. The number of hydrogen-bond donors (Lipinski definition) is 1. The standard InChI is InChI=1S/C12H15NOS3/c1-15-8-11(14)13-10-4-2-3-9(7-10)12-16-5-6-17-12/h2-4,7,12H,5-6,8H2,1H3,(H,13,14). The molecule has 1 aromatic carbocycles. The van der Waals surface area contributed by atoms with Crippen LogP contribution in [0, 0.1) is 0 Å². The minimum Gasteiger partial charge on any atom is -0.325 e. The summed E-state index contributed by atoms with van der Waals surface area (Å²) in [4.78, 5) is 11.5. The van der Waals surface area contributed by atoms with Crippen molar-refractivity contribution in [3.8, 4) is 0 Å². The van der Waals surface area contributed by atoms with E-state index in [1.54, 1.807) is 0 Å². The number of nitrogens with one attached hydrogen (secondary N) is 1. The van der Waals surface area contributed by atoms with Crippen LogP contribution < -0.4 is 5.32 Å². The molecule has 0 bridgehead atoms. The van der Waals surface area contributed by atoms with Gasteiger partial charge in [0.2, 0.25) is 5.91 Å². The smallest absolute Gasteiger partial charge is 0.234 e. The molecular weight excluding hydrogens is 270 g/mol. The molecule has 1 saturated heterocycles. The SMILES string of the molecule is CSCC(=O)Nc1cccc(C2SCCS2)c1. The molecule has 0 aliphatic carbocycles. The van der Waals surface area contributed by atoms with E-state index in [2.05, 4.69) is 17.4 Å². The summed E-state index contributed by atoms with van der Waals surface area (Å²) < 4.78 is 0.535. The van der Waals surface area contributed by atoms with Crippen LogP contribution in [0.2, 0.25) is 0 Å². The monoisotopic (exact) mass is 285 g/mol. The first-order chi connectivity index (χ1) is 8.29. The third kappa shape index (κ3) is 3.86. The second-order valence-electron chi connectivity index (χ2n) is 3.68. The summed E-state index contributed by atoms with van der Waals surface area (Å²) in [6.07, 6.45) is 1.93. The first-order valence-corrected chi connectivity index (χ1v) is 8.90. The Hall–Kier alpha value is -0.260. The van der Waals surface area contributed by atoms with Crippen LogP contribution in [0.5, 0.6) is 0 Å². The molecule has 0 atom stereocenters. The number of hydrogen-bond acceptors (Lipinski definition) is 4. The minimum atomic E-state index is 0.0707. The van der Waals surface area contributed by atoms with Crippen LogP contribution >= 0.6 is 35.3 Å². The summed E-state index contributed by atoms with van der Waals surface area (Å²) in [5.74, 6) is 3.02. The zero-order valence-corrected chi connectivity index (χ0v) is 12.1. The van der Waals surface area contributed by atoms with Crippen LogP contribution in [0.15, 0.2) is 24.3 Å². The van der Waals surface area contributed by atoms with Crippen molar-refractivity contribution in [2.75, 3.05) is 28.8 Å². The molecule has 92 valence electrons. The Morgan fingerprint density at radius 3 is 2.94 bits per heavy atom. The van der Waals surface area contributed by atoms with Crippen molar-refractivity contribution in [1.29, 1.82) is 0 Å². The van der Waals surface area contributed by atoms with Gasteiger partial charge in [-0.2, -0.15) is 11.8 Å². The van der Waals surface area contributed by atoms with Gasteiger partial charge in [-0.3, -0.25) is 4.79 Å². The molecule has 1 heterocycles. The molecule has 1 fully saturated rings. The number of carbonyl (C=O) groups is 1. The second-order valence-corrected chi connectivity index (χ2v) is 7.27. The molecule has 0 aromatic heterocycles. The first-order valence-electron chi connectivity index (χ1n) is 5.41. The lowest BCUT2D eigenvalue weighted by atomic mass is 10.2. The molecule has 0 spiro atoms. The lowest BCUT2D eigenvalue weighted by Gasteiger charge is -2.10. The van der Waals surface area contributed by atoms with Crippen LogP contribution in [0.1, 0.15) is 10.1 Å². The molecule has 1 N–H and O–H groups in total. The lowest BCUT2D eigenvalue weighted by molar-refractivity contribution is -0.113. The Bertz CT molecular complexity index is 391. The molecule has 0 saturated carbocycles. The van der Waals surface area contributed by atoms with E-state index in [1.165, 1.54) is 28.8 Å². The van der Waals surface area contributed by atoms with Crippen LogP contribution in [0.4, 0.5) is 5.69 Å². The second kappa shape index (κ2) is 6.61. The highest BCUT2D eigenvalue weighted by Gasteiger charge is 2.18. The summed E-state index contributed by atoms with van der Waals surface area (Å²) in [6, 6.07) is 8.20. The number of thioether (sulfide) groups is 3. The normalized spacial score (nSPS) is 16.1. The highest BCUT2D eigenvalue weighted by Crippen LogP contribution is 2.45. The van der Waals surface area contributed by atoms with Crippen LogP contribution in [0.25, 0.3) is 0 Å². The fourth-order valence-electron chi connectivity index (χ4n) is 1.64. The third-order valence-corrected chi connectivity index (χ3v) is 6.00. The molecule has 2 nitrogen and oxygen atoms in total. The number of amides is 1. The Labute approximate surface area is 115 Å². The van der Waals surface area contributed by atoms with E-state index in [0.717, 1.165) is 5.69 Å². The van der Waals surface area contributed by atoms with Crippen molar-refractivity contribution in [3.05, 3.63) is 29.8 Å². The van der Waals surface area contributed by atoms with Gasteiger partial charge in [0.1, 0.15) is 0 Å². The molecule has 2 rings (SSSR count). The first kappa shape index (κ1) is 13.2. The molecule has 1 amide bonds. The van der Waals surface area contributed by atoms with Gasteiger partial charge in [-0.1, -0.05) is 12.1 Å². The average Bonchev–Trinajstić information content (AvgIpc) is 2.83.